The molecule has 1 saturated carbocycles. The molecule has 2 N–H and O–H groups in total. The Morgan fingerprint density at radius 1 is 1.00 bits per heavy atom. The zero-order chi connectivity index (χ0) is 24.2. The quantitative estimate of drug-likeness (QED) is 0.706. The molecule has 0 bridgehead atoms. The number of nitrogens with zero attached hydrogens (tertiary/aromatic N) is 1. The van der Waals surface area contributed by atoms with Gasteiger partial charge in [0, 0.05) is 19.0 Å². The molecular weight excluding hydrogens is 432 g/mol. The van der Waals surface area contributed by atoms with E-state index in [1.54, 1.807) is 4.90 Å². The number of hydrogen-bond acceptors (Lipinski definition) is 4. The molecule has 1 unspecified atom stereocenters. The third-order valence-corrected chi connectivity index (χ3v) is 7.51. The minimum Gasteiger partial charge on any atom is -0.481 e. The predicted octanol–water partition coefficient (Wildman–Crippen LogP) is 3.73. The van der Waals surface area contributed by atoms with Gasteiger partial charge in [0.2, 0.25) is 5.91 Å². The van der Waals surface area contributed by atoms with Crippen LogP contribution in [-0.2, 0) is 14.3 Å². The molecule has 1 saturated heterocycles. The average Bonchev–Trinajstić information content (AvgIpc) is 3.15. The minimum atomic E-state index is -0.786. The Hall–Kier alpha value is -3.35. The Balaban J connectivity index is 1.24. The Morgan fingerprint density at radius 2 is 1.53 bits per heavy atom. The summed E-state index contributed by atoms with van der Waals surface area (Å²) < 4.78 is 5.66. The number of likely N-dealkylation sites (tertiary alicyclic amines) is 1. The maximum absolute atomic E-state index is 13.3. The van der Waals surface area contributed by atoms with E-state index in [1.165, 1.54) is 0 Å². The average molecular weight is 463 g/mol. The van der Waals surface area contributed by atoms with Crippen molar-refractivity contribution in [2.24, 2.45) is 23.2 Å². The molecule has 0 spiro atoms. The summed E-state index contributed by atoms with van der Waals surface area (Å²) in [4.78, 5) is 39.0. The second kappa shape index (κ2) is 8.15. The normalized spacial score (nSPS) is 23.5. The van der Waals surface area contributed by atoms with Gasteiger partial charge < -0.3 is 20.1 Å². The van der Waals surface area contributed by atoms with E-state index in [-0.39, 0.29) is 36.2 Å². The Kier molecular flexibility index (Phi) is 5.38. The largest absolute Gasteiger partial charge is 0.481 e. The summed E-state index contributed by atoms with van der Waals surface area (Å²) >= 11 is 0. The van der Waals surface area contributed by atoms with Crippen molar-refractivity contribution in [3.8, 4) is 11.1 Å². The molecule has 1 aliphatic heterocycles. The molecule has 2 aliphatic carbocycles. The van der Waals surface area contributed by atoms with Crippen LogP contribution in [0.25, 0.3) is 11.1 Å². The molecule has 2 aromatic rings. The van der Waals surface area contributed by atoms with Gasteiger partial charge in [0.15, 0.2) is 0 Å². The molecule has 0 aromatic heterocycles. The van der Waals surface area contributed by atoms with Gasteiger partial charge in [0.25, 0.3) is 0 Å². The lowest BCUT2D eigenvalue weighted by Crippen LogP contribution is -2.55. The van der Waals surface area contributed by atoms with E-state index in [9.17, 15) is 19.5 Å². The van der Waals surface area contributed by atoms with Crippen LogP contribution < -0.4 is 5.32 Å². The number of carboxylic acids is 1. The van der Waals surface area contributed by atoms with E-state index < -0.39 is 23.5 Å². The minimum absolute atomic E-state index is 0.0246. The van der Waals surface area contributed by atoms with Crippen molar-refractivity contribution in [2.75, 3.05) is 19.7 Å². The topological polar surface area (TPSA) is 95.9 Å². The fraction of sp³-hybridized carbons (Fsp3) is 0.444. The standard InChI is InChI=1S/C27H30N2O5/c1-27(2,3)23(24(30)29-12-19-20(13-29)22(19)25(31)32)28-26(33)34-14-21-17-10-6-4-8-15(17)16-9-5-7-11-18(16)21/h4-11,19-23H,12-14H2,1-3H3,(H,28,33)(H,31,32)/t19-,20+,22?,23-/m1/s1. The number of rotatable bonds is 5. The third-order valence-electron chi connectivity index (χ3n) is 7.51. The highest BCUT2D eigenvalue weighted by Gasteiger charge is 2.61. The van der Waals surface area contributed by atoms with E-state index in [1.807, 2.05) is 45.0 Å². The first-order valence-electron chi connectivity index (χ1n) is 11.8. The van der Waals surface area contributed by atoms with E-state index in [0.29, 0.717) is 13.1 Å². The summed E-state index contributed by atoms with van der Waals surface area (Å²) in [5, 5.41) is 12.0. The van der Waals surface area contributed by atoms with Crippen molar-refractivity contribution < 1.29 is 24.2 Å². The monoisotopic (exact) mass is 462 g/mol. The van der Waals surface area contributed by atoms with Gasteiger partial charge in [-0.1, -0.05) is 69.3 Å². The number of carbonyl (C=O) groups is 3. The van der Waals surface area contributed by atoms with Crippen molar-refractivity contribution >= 4 is 18.0 Å². The van der Waals surface area contributed by atoms with Gasteiger partial charge in [-0.3, -0.25) is 9.59 Å². The first-order chi connectivity index (χ1) is 16.2. The Bertz CT molecular complexity index is 1100. The SMILES string of the molecule is CC(C)(C)[C@H](NC(=O)OCC1c2ccccc2-c2ccccc21)C(=O)N1C[C@@H]2C(C(=O)O)[C@@H]2C1. The van der Waals surface area contributed by atoms with Crippen molar-refractivity contribution in [1.29, 1.82) is 0 Å². The van der Waals surface area contributed by atoms with Gasteiger partial charge in [0.05, 0.1) is 5.92 Å². The van der Waals surface area contributed by atoms with Crippen LogP contribution in [-0.4, -0.2) is 53.7 Å². The first-order valence-corrected chi connectivity index (χ1v) is 11.8. The van der Waals surface area contributed by atoms with Crippen molar-refractivity contribution in [2.45, 2.75) is 32.7 Å². The molecule has 0 radical (unpaired) electrons. The second-order valence-electron chi connectivity index (χ2n) is 10.7. The third kappa shape index (κ3) is 3.83. The van der Waals surface area contributed by atoms with Crippen LogP contribution in [0, 0.1) is 23.2 Å². The maximum atomic E-state index is 13.3. The molecule has 5 rings (SSSR count). The molecular formula is C27H30N2O5. The molecule has 1 heterocycles. The van der Waals surface area contributed by atoms with Gasteiger partial charge in [-0.15, -0.1) is 0 Å². The van der Waals surface area contributed by atoms with Crippen LogP contribution in [0.4, 0.5) is 4.79 Å². The number of nitrogens with one attached hydrogen (secondary N) is 1. The van der Waals surface area contributed by atoms with Crippen LogP contribution in [0.2, 0.25) is 0 Å². The van der Waals surface area contributed by atoms with E-state index in [2.05, 4.69) is 29.6 Å². The number of benzene rings is 2. The highest BCUT2D eigenvalue weighted by molar-refractivity contribution is 5.87. The fourth-order valence-corrected chi connectivity index (χ4v) is 5.66. The number of ether oxygens (including phenoxy) is 1. The van der Waals surface area contributed by atoms with Crippen LogP contribution in [0.3, 0.4) is 0 Å². The number of carboxylic acid groups (broad SMARTS) is 1. The van der Waals surface area contributed by atoms with Gasteiger partial charge in [-0.25, -0.2) is 4.79 Å². The van der Waals surface area contributed by atoms with Gasteiger partial charge in [-0.2, -0.15) is 0 Å². The lowest BCUT2D eigenvalue weighted by Gasteiger charge is -2.34. The van der Waals surface area contributed by atoms with E-state index in [4.69, 9.17) is 4.74 Å². The van der Waals surface area contributed by atoms with Crippen molar-refractivity contribution in [3.63, 3.8) is 0 Å². The Labute approximate surface area is 199 Å². The summed E-state index contributed by atoms with van der Waals surface area (Å²) in [5.74, 6) is -1.32. The molecule has 2 amide bonds. The number of aliphatic carboxylic acids is 1. The molecule has 7 nitrogen and oxygen atoms in total. The molecule has 4 atom stereocenters. The number of alkyl carbamates (subject to hydrolysis) is 1. The predicted molar refractivity (Wildman–Crippen MR) is 126 cm³/mol. The number of amides is 2. The van der Waals surface area contributed by atoms with Crippen LogP contribution in [0.1, 0.15) is 37.8 Å². The van der Waals surface area contributed by atoms with Gasteiger partial charge >= 0.3 is 12.1 Å². The van der Waals surface area contributed by atoms with E-state index >= 15 is 0 Å². The summed E-state index contributed by atoms with van der Waals surface area (Å²) in [6.45, 7) is 6.74. The molecule has 2 aromatic carbocycles. The van der Waals surface area contributed by atoms with Crippen LogP contribution >= 0.6 is 0 Å². The lowest BCUT2D eigenvalue weighted by molar-refractivity contribution is -0.141. The smallest absolute Gasteiger partial charge is 0.407 e. The lowest BCUT2D eigenvalue weighted by atomic mass is 9.86. The summed E-state index contributed by atoms with van der Waals surface area (Å²) in [5.41, 5.74) is 4.04. The Morgan fingerprint density at radius 3 is 2.03 bits per heavy atom. The maximum Gasteiger partial charge on any atom is 0.407 e. The number of fused-ring (bicyclic) bond motifs is 4. The van der Waals surface area contributed by atoms with Gasteiger partial charge in [-0.05, 0) is 39.5 Å². The zero-order valence-electron chi connectivity index (χ0n) is 19.7. The van der Waals surface area contributed by atoms with Crippen molar-refractivity contribution in [3.05, 3.63) is 59.7 Å². The molecule has 7 heteroatoms. The number of hydrogen-bond donors (Lipinski definition) is 2. The van der Waals surface area contributed by atoms with Crippen LogP contribution in [0.15, 0.2) is 48.5 Å². The summed E-state index contributed by atoms with van der Waals surface area (Å²) in [7, 11) is 0. The van der Waals surface area contributed by atoms with Crippen LogP contribution in [0.5, 0.6) is 0 Å². The number of carbonyl (C=O) groups excluding carboxylic acids is 2. The zero-order valence-corrected chi connectivity index (χ0v) is 19.7. The summed E-state index contributed by atoms with van der Waals surface area (Å²) in [6, 6.07) is 15.5. The number of piperidine rings is 1. The molecule has 3 aliphatic rings. The fourth-order valence-electron chi connectivity index (χ4n) is 5.66. The van der Waals surface area contributed by atoms with Gasteiger partial charge in [0.1, 0.15) is 12.6 Å². The summed E-state index contributed by atoms with van der Waals surface area (Å²) in [6.07, 6.45) is -0.622. The second-order valence-corrected chi connectivity index (χ2v) is 10.7. The molecule has 2 fully saturated rings. The van der Waals surface area contributed by atoms with Crippen molar-refractivity contribution in [1.82, 2.24) is 10.2 Å². The molecule has 34 heavy (non-hydrogen) atoms. The first kappa shape index (κ1) is 22.4. The highest BCUT2D eigenvalue weighted by atomic mass is 16.5. The molecule has 178 valence electrons. The van der Waals surface area contributed by atoms with E-state index in [0.717, 1.165) is 22.3 Å². The highest BCUT2D eigenvalue weighted by Crippen LogP contribution is 2.52.